The number of rotatable bonds is 6. The van der Waals surface area contributed by atoms with Gasteiger partial charge in [0.15, 0.2) is 0 Å². The molecule has 0 atom stereocenters. The first-order chi connectivity index (χ1) is 15.5. The minimum atomic E-state index is -0.511. The second-order valence-electron chi connectivity index (χ2n) is 7.02. The van der Waals surface area contributed by atoms with E-state index in [-0.39, 0.29) is 17.1 Å². The average Bonchev–Trinajstić information content (AvgIpc) is 2.79. The molecule has 0 fully saturated rings. The van der Waals surface area contributed by atoms with Crippen molar-refractivity contribution in [1.82, 2.24) is 5.43 Å². The van der Waals surface area contributed by atoms with Gasteiger partial charge in [0.2, 0.25) is 0 Å². The number of amides is 1. The standard InChI is InChI=1S/C25H18BrFN2O3/c26-22-11-17(7-10-24(22)32-15-16-5-8-20(27)9-6-16)14-28-29-25(31)21-12-18-3-1-2-4-19(18)13-23(21)30/h1-14,30H,15H2,(H,29,31). The first-order valence-corrected chi connectivity index (χ1v) is 10.5. The summed E-state index contributed by atoms with van der Waals surface area (Å²) in [5.41, 5.74) is 4.16. The van der Waals surface area contributed by atoms with Crippen LogP contribution in [-0.2, 0) is 6.61 Å². The highest BCUT2D eigenvalue weighted by atomic mass is 79.9. The Morgan fingerprint density at radius 2 is 1.75 bits per heavy atom. The molecule has 0 aliphatic heterocycles. The number of hydrogen-bond acceptors (Lipinski definition) is 4. The van der Waals surface area contributed by atoms with E-state index in [1.54, 1.807) is 42.5 Å². The van der Waals surface area contributed by atoms with Crippen LogP contribution in [0.25, 0.3) is 10.8 Å². The second kappa shape index (κ2) is 9.62. The van der Waals surface area contributed by atoms with Gasteiger partial charge in [-0.25, -0.2) is 9.82 Å². The zero-order chi connectivity index (χ0) is 22.5. The normalized spacial score (nSPS) is 11.1. The Morgan fingerprint density at radius 1 is 1.03 bits per heavy atom. The van der Waals surface area contributed by atoms with Gasteiger partial charge in [0.05, 0.1) is 16.3 Å². The molecule has 0 unspecified atom stereocenters. The van der Waals surface area contributed by atoms with E-state index in [2.05, 4.69) is 26.5 Å². The van der Waals surface area contributed by atoms with Crippen LogP contribution in [0, 0.1) is 5.82 Å². The quantitative estimate of drug-likeness (QED) is 0.264. The number of halogens is 2. The summed E-state index contributed by atoms with van der Waals surface area (Å²) < 4.78 is 19.5. The van der Waals surface area contributed by atoms with Crippen molar-refractivity contribution < 1.29 is 19.0 Å². The lowest BCUT2D eigenvalue weighted by Gasteiger charge is -2.09. The topological polar surface area (TPSA) is 70.9 Å². The summed E-state index contributed by atoms with van der Waals surface area (Å²) in [7, 11) is 0. The molecule has 4 rings (SSSR count). The average molecular weight is 493 g/mol. The van der Waals surface area contributed by atoms with Crippen LogP contribution in [-0.4, -0.2) is 17.2 Å². The first-order valence-electron chi connectivity index (χ1n) is 9.71. The van der Waals surface area contributed by atoms with Crippen LogP contribution in [0.2, 0.25) is 0 Å². The van der Waals surface area contributed by atoms with Gasteiger partial charge in [-0.15, -0.1) is 0 Å². The summed E-state index contributed by atoms with van der Waals surface area (Å²) >= 11 is 3.46. The Balaban J connectivity index is 1.39. The molecule has 0 bridgehead atoms. The van der Waals surface area contributed by atoms with E-state index in [1.165, 1.54) is 18.3 Å². The SMILES string of the molecule is O=C(NN=Cc1ccc(OCc2ccc(F)cc2)c(Br)c1)c1cc2ccccc2cc1O. The van der Waals surface area contributed by atoms with Crippen molar-refractivity contribution >= 4 is 38.8 Å². The van der Waals surface area contributed by atoms with Crippen LogP contribution in [0.1, 0.15) is 21.5 Å². The Morgan fingerprint density at radius 3 is 2.47 bits per heavy atom. The molecule has 4 aromatic rings. The largest absolute Gasteiger partial charge is 0.507 e. The molecular formula is C25H18BrFN2O3. The maximum atomic E-state index is 13.0. The Kier molecular flexibility index (Phi) is 6.47. The Hall–Kier alpha value is -3.71. The van der Waals surface area contributed by atoms with Crippen LogP contribution in [0.5, 0.6) is 11.5 Å². The molecule has 0 radical (unpaired) electrons. The van der Waals surface area contributed by atoms with Crippen molar-refractivity contribution in [3.63, 3.8) is 0 Å². The van der Waals surface area contributed by atoms with E-state index < -0.39 is 5.91 Å². The molecule has 2 N–H and O–H groups in total. The number of hydrogen-bond donors (Lipinski definition) is 2. The smallest absolute Gasteiger partial charge is 0.275 e. The summed E-state index contributed by atoms with van der Waals surface area (Å²) in [5.74, 6) is -0.289. The Labute approximate surface area is 192 Å². The van der Waals surface area contributed by atoms with Gasteiger partial charge in [-0.3, -0.25) is 4.79 Å². The fraction of sp³-hybridized carbons (Fsp3) is 0.0400. The van der Waals surface area contributed by atoms with Crippen LogP contribution < -0.4 is 10.2 Å². The molecule has 32 heavy (non-hydrogen) atoms. The van der Waals surface area contributed by atoms with E-state index in [1.807, 2.05) is 24.3 Å². The molecule has 0 saturated heterocycles. The van der Waals surface area contributed by atoms with E-state index in [0.717, 1.165) is 21.9 Å². The second-order valence-corrected chi connectivity index (χ2v) is 7.87. The lowest BCUT2D eigenvalue weighted by molar-refractivity contribution is 0.0952. The summed E-state index contributed by atoms with van der Waals surface area (Å²) in [6, 6.07) is 22.1. The third-order valence-electron chi connectivity index (χ3n) is 4.75. The van der Waals surface area contributed by atoms with Crippen LogP contribution in [0.3, 0.4) is 0 Å². The molecule has 0 aliphatic carbocycles. The van der Waals surface area contributed by atoms with Gasteiger partial charge in [-0.1, -0.05) is 36.4 Å². The minimum Gasteiger partial charge on any atom is -0.507 e. The van der Waals surface area contributed by atoms with Crippen molar-refractivity contribution in [2.45, 2.75) is 6.61 Å². The summed E-state index contributed by atoms with van der Waals surface area (Å²) in [5, 5.41) is 15.8. The number of carbonyl (C=O) groups excluding carboxylic acids is 1. The van der Waals surface area contributed by atoms with E-state index in [9.17, 15) is 14.3 Å². The summed E-state index contributed by atoms with van der Waals surface area (Å²) in [6.45, 7) is 0.303. The van der Waals surface area contributed by atoms with E-state index in [0.29, 0.717) is 16.8 Å². The van der Waals surface area contributed by atoms with Gasteiger partial charge in [0.25, 0.3) is 5.91 Å². The lowest BCUT2D eigenvalue weighted by Crippen LogP contribution is -2.17. The number of nitrogens with zero attached hydrogens (tertiary/aromatic N) is 1. The number of phenols is 1. The summed E-state index contributed by atoms with van der Waals surface area (Å²) in [4.78, 5) is 12.4. The lowest BCUT2D eigenvalue weighted by atomic mass is 10.1. The van der Waals surface area contributed by atoms with Gasteiger partial charge < -0.3 is 9.84 Å². The third kappa shape index (κ3) is 5.12. The fourth-order valence-corrected chi connectivity index (χ4v) is 3.60. The molecule has 160 valence electrons. The number of phenolic OH excluding ortho intramolecular Hbond substituents is 1. The van der Waals surface area contributed by atoms with Crippen molar-refractivity contribution in [2.75, 3.05) is 0 Å². The molecule has 0 aromatic heterocycles. The van der Waals surface area contributed by atoms with Gasteiger partial charge in [0.1, 0.15) is 23.9 Å². The van der Waals surface area contributed by atoms with E-state index >= 15 is 0 Å². The monoisotopic (exact) mass is 492 g/mol. The molecule has 7 heteroatoms. The summed E-state index contributed by atoms with van der Waals surface area (Å²) in [6.07, 6.45) is 1.49. The number of benzene rings is 4. The molecular weight excluding hydrogens is 475 g/mol. The van der Waals surface area contributed by atoms with E-state index in [4.69, 9.17) is 4.74 Å². The van der Waals surface area contributed by atoms with Crippen molar-refractivity contribution in [3.05, 3.63) is 106 Å². The highest BCUT2D eigenvalue weighted by molar-refractivity contribution is 9.10. The molecule has 0 saturated carbocycles. The predicted octanol–water partition coefficient (Wildman–Crippen LogP) is 5.79. The zero-order valence-corrected chi connectivity index (χ0v) is 18.3. The van der Waals surface area contributed by atoms with Crippen molar-refractivity contribution in [3.8, 4) is 11.5 Å². The number of carbonyl (C=O) groups is 1. The molecule has 0 heterocycles. The number of nitrogens with one attached hydrogen (secondary N) is 1. The number of fused-ring (bicyclic) bond motifs is 1. The van der Waals surface area contributed by atoms with Crippen LogP contribution in [0.15, 0.2) is 88.4 Å². The highest BCUT2D eigenvalue weighted by Gasteiger charge is 2.12. The maximum Gasteiger partial charge on any atom is 0.275 e. The predicted molar refractivity (Wildman–Crippen MR) is 126 cm³/mol. The number of ether oxygens (including phenoxy) is 1. The third-order valence-corrected chi connectivity index (χ3v) is 5.37. The zero-order valence-electron chi connectivity index (χ0n) is 16.8. The van der Waals surface area contributed by atoms with Gasteiger partial charge >= 0.3 is 0 Å². The molecule has 0 spiro atoms. The van der Waals surface area contributed by atoms with Crippen LogP contribution in [0.4, 0.5) is 4.39 Å². The first kappa shape index (κ1) is 21.5. The molecule has 4 aromatic carbocycles. The minimum absolute atomic E-state index is 0.109. The van der Waals surface area contributed by atoms with Gasteiger partial charge in [0, 0.05) is 0 Å². The van der Waals surface area contributed by atoms with Crippen LogP contribution >= 0.6 is 15.9 Å². The fourth-order valence-electron chi connectivity index (χ4n) is 3.09. The molecule has 5 nitrogen and oxygen atoms in total. The van der Waals surface area contributed by atoms with Gasteiger partial charge in [-0.05, 0) is 80.3 Å². The highest BCUT2D eigenvalue weighted by Crippen LogP contribution is 2.27. The molecule has 1 amide bonds. The van der Waals surface area contributed by atoms with Gasteiger partial charge in [-0.2, -0.15) is 5.10 Å². The number of hydrazone groups is 1. The van der Waals surface area contributed by atoms with Crippen molar-refractivity contribution in [2.24, 2.45) is 5.10 Å². The Bertz CT molecular complexity index is 1310. The number of aromatic hydroxyl groups is 1. The van der Waals surface area contributed by atoms with Crippen molar-refractivity contribution in [1.29, 1.82) is 0 Å². The maximum absolute atomic E-state index is 13.0. The molecule has 0 aliphatic rings.